The molecule has 4 nitrogen and oxygen atoms in total. The molecule has 2 unspecified atom stereocenters. The third-order valence-electron chi connectivity index (χ3n) is 2.95. The van der Waals surface area contributed by atoms with Crippen LogP contribution in [0.5, 0.6) is 0 Å². The van der Waals surface area contributed by atoms with E-state index in [-0.39, 0.29) is 18.1 Å². The lowest BCUT2D eigenvalue weighted by atomic mass is 10.1. The van der Waals surface area contributed by atoms with Crippen LogP contribution in [0.1, 0.15) is 25.3 Å². The third kappa shape index (κ3) is 3.05. The van der Waals surface area contributed by atoms with E-state index in [1.54, 1.807) is 0 Å². The Balaban J connectivity index is 1.98. The Labute approximate surface area is 101 Å². The molecule has 1 aromatic carbocycles. The van der Waals surface area contributed by atoms with Crippen LogP contribution < -0.4 is 11.1 Å². The van der Waals surface area contributed by atoms with Gasteiger partial charge in [-0.05, 0) is 37.5 Å². The molecule has 92 valence electrons. The summed E-state index contributed by atoms with van der Waals surface area (Å²) < 4.78 is 5.52. The summed E-state index contributed by atoms with van der Waals surface area (Å²) in [6, 6.07) is 7.56. The van der Waals surface area contributed by atoms with Gasteiger partial charge in [-0.2, -0.15) is 0 Å². The van der Waals surface area contributed by atoms with Gasteiger partial charge in [-0.25, -0.2) is 0 Å². The number of nitrogens with two attached hydrogens (primary N) is 1. The molecule has 0 spiro atoms. The molecule has 1 aliphatic heterocycles. The predicted molar refractivity (Wildman–Crippen MR) is 66.5 cm³/mol. The summed E-state index contributed by atoms with van der Waals surface area (Å²) in [6.45, 7) is 2.46. The van der Waals surface area contributed by atoms with Gasteiger partial charge in [-0.15, -0.1) is 0 Å². The monoisotopic (exact) mass is 234 g/mol. The fourth-order valence-corrected chi connectivity index (χ4v) is 1.99. The SMILES string of the molecule is CC1CCC(C(=O)Nc2cccc(CN)c2)O1. The molecule has 1 aliphatic rings. The zero-order valence-electron chi connectivity index (χ0n) is 9.98. The van der Waals surface area contributed by atoms with Gasteiger partial charge in [0.1, 0.15) is 6.10 Å². The minimum absolute atomic E-state index is 0.0662. The molecule has 1 aromatic rings. The minimum Gasteiger partial charge on any atom is -0.365 e. The molecular weight excluding hydrogens is 216 g/mol. The highest BCUT2D eigenvalue weighted by molar-refractivity contribution is 5.94. The largest absolute Gasteiger partial charge is 0.365 e. The second kappa shape index (κ2) is 5.29. The molecule has 1 heterocycles. The molecule has 2 atom stereocenters. The van der Waals surface area contributed by atoms with Crippen LogP contribution in [0.2, 0.25) is 0 Å². The molecule has 0 radical (unpaired) electrons. The molecule has 17 heavy (non-hydrogen) atoms. The molecule has 0 aliphatic carbocycles. The van der Waals surface area contributed by atoms with Gasteiger partial charge in [-0.1, -0.05) is 12.1 Å². The first-order valence-corrected chi connectivity index (χ1v) is 5.94. The van der Waals surface area contributed by atoms with Crippen molar-refractivity contribution in [2.24, 2.45) is 5.73 Å². The van der Waals surface area contributed by atoms with E-state index in [0.717, 1.165) is 24.1 Å². The van der Waals surface area contributed by atoms with E-state index in [1.807, 2.05) is 31.2 Å². The van der Waals surface area contributed by atoms with Gasteiger partial charge in [-0.3, -0.25) is 4.79 Å². The summed E-state index contributed by atoms with van der Waals surface area (Å²) in [5.74, 6) is -0.0662. The Morgan fingerprint density at radius 1 is 1.53 bits per heavy atom. The number of rotatable bonds is 3. The average Bonchev–Trinajstić information content (AvgIpc) is 2.76. The summed E-state index contributed by atoms with van der Waals surface area (Å²) in [5.41, 5.74) is 7.33. The highest BCUT2D eigenvalue weighted by atomic mass is 16.5. The normalized spacial score (nSPS) is 23.6. The first-order chi connectivity index (χ1) is 8.19. The van der Waals surface area contributed by atoms with Crippen molar-refractivity contribution in [3.63, 3.8) is 0 Å². The van der Waals surface area contributed by atoms with Crippen LogP contribution in [0.3, 0.4) is 0 Å². The summed E-state index contributed by atoms with van der Waals surface area (Å²) in [4.78, 5) is 11.9. The number of hydrogen-bond donors (Lipinski definition) is 2. The maximum Gasteiger partial charge on any atom is 0.253 e. The lowest BCUT2D eigenvalue weighted by Gasteiger charge is -2.12. The Morgan fingerprint density at radius 2 is 2.35 bits per heavy atom. The molecule has 1 saturated heterocycles. The number of anilines is 1. The second-order valence-corrected chi connectivity index (χ2v) is 4.41. The molecule has 0 aromatic heterocycles. The van der Waals surface area contributed by atoms with Crippen molar-refractivity contribution < 1.29 is 9.53 Å². The van der Waals surface area contributed by atoms with Crippen molar-refractivity contribution in [3.05, 3.63) is 29.8 Å². The van der Waals surface area contributed by atoms with Crippen LogP contribution in [-0.2, 0) is 16.1 Å². The Hall–Kier alpha value is -1.39. The number of benzene rings is 1. The molecule has 1 amide bonds. The van der Waals surface area contributed by atoms with Gasteiger partial charge in [0.25, 0.3) is 5.91 Å². The van der Waals surface area contributed by atoms with Gasteiger partial charge < -0.3 is 15.8 Å². The summed E-state index contributed by atoms with van der Waals surface area (Å²) in [6.07, 6.45) is 1.61. The van der Waals surface area contributed by atoms with E-state index >= 15 is 0 Å². The number of carbonyl (C=O) groups excluding carboxylic acids is 1. The molecule has 1 fully saturated rings. The number of carbonyl (C=O) groups is 1. The molecule has 3 N–H and O–H groups in total. The van der Waals surface area contributed by atoms with Crippen LogP contribution in [0.4, 0.5) is 5.69 Å². The molecule has 0 saturated carbocycles. The van der Waals surface area contributed by atoms with Crippen LogP contribution in [0.15, 0.2) is 24.3 Å². The fraction of sp³-hybridized carbons (Fsp3) is 0.462. The maximum absolute atomic E-state index is 11.9. The highest BCUT2D eigenvalue weighted by Crippen LogP contribution is 2.20. The summed E-state index contributed by atoms with van der Waals surface area (Å²) in [7, 11) is 0. The smallest absolute Gasteiger partial charge is 0.253 e. The van der Waals surface area contributed by atoms with E-state index < -0.39 is 0 Å². The van der Waals surface area contributed by atoms with Crippen molar-refractivity contribution in [1.82, 2.24) is 0 Å². The van der Waals surface area contributed by atoms with Gasteiger partial charge in [0.05, 0.1) is 6.10 Å². The van der Waals surface area contributed by atoms with Crippen molar-refractivity contribution in [1.29, 1.82) is 0 Å². The van der Waals surface area contributed by atoms with Crippen LogP contribution in [-0.4, -0.2) is 18.1 Å². The van der Waals surface area contributed by atoms with Crippen LogP contribution in [0.25, 0.3) is 0 Å². The Morgan fingerprint density at radius 3 is 3.00 bits per heavy atom. The van der Waals surface area contributed by atoms with E-state index in [2.05, 4.69) is 5.32 Å². The Kier molecular flexibility index (Phi) is 3.76. The van der Waals surface area contributed by atoms with E-state index in [0.29, 0.717) is 6.54 Å². The number of amides is 1. The fourth-order valence-electron chi connectivity index (χ4n) is 1.99. The first kappa shape index (κ1) is 12.1. The summed E-state index contributed by atoms with van der Waals surface area (Å²) in [5, 5.41) is 2.86. The molecule has 0 bridgehead atoms. The molecular formula is C13H18N2O2. The summed E-state index contributed by atoms with van der Waals surface area (Å²) >= 11 is 0. The number of ether oxygens (including phenoxy) is 1. The lowest BCUT2D eigenvalue weighted by molar-refractivity contribution is -0.126. The first-order valence-electron chi connectivity index (χ1n) is 5.94. The van der Waals surface area contributed by atoms with Gasteiger partial charge in [0.15, 0.2) is 0 Å². The maximum atomic E-state index is 11.9. The highest BCUT2D eigenvalue weighted by Gasteiger charge is 2.27. The van der Waals surface area contributed by atoms with Crippen molar-refractivity contribution in [3.8, 4) is 0 Å². The van der Waals surface area contributed by atoms with Crippen molar-refractivity contribution >= 4 is 11.6 Å². The van der Waals surface area contributed by atoms with E-state index in [4.69, 9.17) is 10.5 Å². The molecule has 4 heteroatoms. The van der Waals surface area contributed by atoms with Gasteiger partial charge >= 0.3 is 0 Å². The second-order valence-electron chi connectivity index (χ2n) is 4.41. The third-order valence-corrected chi connectivity index (χ3v) is 2.95. The molecule has 2 rings (SSSR count). The van der Waals surface area contributed by atoms with Gasteiger partial charge in [0.2, 0.25) is 0 Å². The van der Waals surface area contributed by atoms with Crippen molar-refractivity contribution in [2.45, 2.75) is 38.5 Å². The predicted octanol–water partition coefficient (Wildman–Crippen LogP) is 1.65. The number of hydrogen-bond acceptors (Lipinski definition) is 3. The van der Waals surface area contributed by atoms with E-state index in [1.165, 1.54) is 0 Å². The minimum atomic E-state index is -0.313. The van der Waals surface area contributed by atoms with Crippen LogP contribution >= 0.6 is 0 Å². The number of nitrogens with one attached hydrogen (secondary N) is 1. The van der Waals surface area contributed by atoms with E-state index in [9.17, 15) is 4.79 Å². The quantitative estimate of drug-likeness (QED) is 0.835. The standard InChI is InChI=1S/C13H18N2O2/c1-9-5-6-12(17-9)13(16)15-11-4-2-3-10(7-11)8-14/h2-4,7,9,12H,5-6,8,14H2,1H3,(H,15,16). The van der Waals surface area contributed by atoms with Crippen LogP contribution in [0, 0.1) is 0 Å². The zero-order chi connectivity index (χ0) is 12.3. The lowest BCUT2D eigenvalue weighted by Crippen LogP contribution is -2.27. The van der Waals surface area contributed by atoms with Gasteiger partial charge in [0, 0.05) is 12.2 Å². The zero-order valence-corrected chi connectivity index (χ0v) is 9.98. The topological polar surface area (TPSA) is 64.4 Å². The van der Waals surface area contributed by atoms with Crippen molar-refractivity contribution in [2.75, 3.05) is 5.32 Å². The Bertz CT molecular complexity index is 406. The average molecular weight is 234 g/mol.